The van der Waals surface area contributed by atoms with E-state index in [4.69, 9.17) is 0 Å². The maximum Gasteiger partial charge on any atom is 0.433 e. The molecule has 1 amide bonds. The fourth-order valence-corrected chi connectivity index (χ4v) is 2.41. The number of carbonyl (C=O) groups is 1. The molecule has 1 aromatic carbocycles. The van der Waals surface area contributed by atoms with Crippen molar-refractivity contribution >= 4 is 5.91 Å². The van der Waals surface area contributed by atoms with E-state index >= 15 is 0 Å². The van der Waals surface area contributed by atoms with Crippen LogP contribution in [-0.4, -0.2) is 34.6 Å². The van der Waals surface area contributed by atoms with Gasteiger partial charge in [0, 0.05) is 19.9 Å². The van der Waals surface area contributed by atoms with Crippen LogP contribution in [0.1, 0.15) is 34.1 Å². The number of rotatable bonds is 5. The molecule has 4 nitrogen and oxygen atoms in total. The Morgan fingerprint density at radius 3 is 2.38 bits per heavy atom. The second-order valence-corrected chi connectivity index (χ2v) is 5.28. The monoisotopic (exact) mass is 338 g/mol. The highest BCUT2D eigenvalue weighted by atomic mass is 19.4. The van der Waals surface area contributed by atoms with Gasteiger partial charge in [-0.05, 0) is 24.1 Å². The number of aliphatic hydroxyl groups excluding tert-OH is 1. The maximum absolute atomic E-state index is 12.5. The van der Waals surface area contributed by atoms with Gasteiger partial charge in [0.15, 0.2) is 0 Å². The number of hydrogen-bond donors (Lipinski definition) is 1. The molecule has 0 bridgehead atoms. The Morgan fingerprint density at radius 1 is 1.21 bits per heavy atom. The summed E-state index contributed by atoms with van der Waals surface area (Å²) in [6.07, 6.45) is -3.31. The zero-order valence-electron chi connectivity index (χ0n) is 13.0. The smallest absolute Gasteiger partial charge is 0.396 e. The number of pyridine rings is 1. The molecule has 0 fully saturated rings. The van der Waals surface area contributed by atoms with E-state index in [1.807, 2.05) is 30.3 Å². The fraction of sp³-hybridized carbons (Fsp3) is 0.294. The predicted molar refractivity (Wildman–Crippen MR) is 82.2 cm³/mol. The molecule has 0 saturated carbocycles. The number of aliphatic hydroxyl groups is 1. The highest BCUT2D eigenvalue weighted by molar-refractivity contribution is 5.94. The fourth-order valence-electron chi connectivity index (χ4n) is 2.41. The van der Waals surface area contributed by atoms with E-state index in [-0.39, 0.29) is 18.2 Å². The zero-order valence-corrected chi connectivity index (χ0v) is 13.0. The Kier molecular flexibility index (Phi) is 5.56. The molecule has 1 atom stereocenters. The highest BCUT2D eigenvalue weighted by Gasteiger charge is 2.32. The van der Waals surface area contributed by atoms with Crippen molar-refractivity contribution in [3.05, 3.63) is 65.5 Å². The predicted octanol–water partition coefficient (Wildman–Crippen LogP) is 3.30. The minimum Gasteiger partial charge on any atom is -0.396 e. The van der Waals surface area contributed by atoms with Crippen LogP contribution in [0.3, 0.4) is 0 Å². The average Bonchev–Trinajstić information content (AvgIpc) is 2.58. The van der Waals surface area contributed by atoms with Crippen molar-refractivity contribution in [2.45, 2.75) is 18.6 Å². The Hall–Kier alpha value is -2.41. The third-order valence-corrected chi connectivity index (χ3v) is 3.68. The summed E-state index contributed by atoms with van der Waals surface area (Å²) >= 11 is 0. The molecule has 24 heavy (non-hydrogen) atoms. The van der Waals surface area contributed by atoms with Crippen molar-refractivity contribution < 1.29 is 23.1 Å². The number of carbonyl (C=O) groups excluding carboxylic acids is 1. The molecule has 0 aliphatic heterocycles. The summed E-state index contributed by atoms with van der Waals surface area (Å²) in [5, 5.41) is 9.25. The molecular formula is C17H17F3N2O2. The van der Waals surface area contributed by atoms with E-state index in [0.29, 0.717) is 6.42 Å². The van der Waals surface area contributed by atoms with Crippen LogP contribution < -0.4 is 0 Å². The first-order valence-corrected chi connectivity index (χ1v) is 7.31. The summed E-state index contributed by atoms with van der Waals surface area (Å²) in [5.74, 6) is -0.460. The van der Waals surface area contributed by atoms with Gasteiger partial charge in [-0.2, -0.15) is 13.2 Å². The molecule has 0 spiro atoms. The van der Waals surface area contributed by atoms with Gasteiger partial charge < -0.3 is 10.0 Å². The van der Waals surface area contributed by atoms with Crippen LogP contribution in [0.4, 0.5) is 13.2 Å². The van der Waals surface area contributed by atoms with Crippen LogP contribution in [0, 0.1) is 0 Å². The molecule has 2 rings (SSSR count). The second-order valence-electron chi connectivity index (χ2n) is 5.28. The van der Waals surface area contributed by atoms with Gasteiger partial charge in [-0.3, -0.25) is 9.78 Å². The van der Waals surface area contributed by atoms with Gasteiger partial charge in [0.2, 0.25) is 0 Å². The van der Waals surface area contributed by atoms with Crippen LogP contribution in [-0.2, 0) is 6.18 Å². The average molecular weight is 338 g/mol. The van der Waals surface area contributed by atoms with E-state index in [1.165, 1.54) is 4.90 Å². The Balaban J connectivity index is 2.23. The van der Waals surface area contributed by atoms with Crippen LogP contribution >= 0.6 is 0 Å². The van der Waals surface area contributed by atoms with Gasteiger partial charge in [-0.1, -0.05) is 30.3 Å². The largest absolute Gasteiger partial charge is 0.433 e. The zero-order chi connectivity index (χ0) is 17.7. The van der Waals surface area contributed by atoms with Gasteiger partial charge in [-0.15, -0.1) is 0 Å². The van der Waals surface area contributed by atoms with Gasteiger partial charge in [-0.25, -0.2) is 0 Å². The van der Waals surface area contributed by atoms with Gasteiger partial charge in [0.05, 0.1) is 11.6 Å². The highest BCUT2D eigenvalue weighted by Crippen LogP contribution is 2.28. The molecule has 1 heterocycles. The third kappa shape index (κ3) is 4.11. The Morgan fingerprint density at radius 2 is 1.88 bits per heavy atom. The molecule has 0 aliphatic carbocycles. The number of alkyl halides is 3. The SMILES string of the molecule is CN(C(=O)c1ccc(C(F)(F)F)nc1)C(CCO)c1ccccc1. The minimum atomic E-state index is -4.54. The lowest BCUT2D eigenvalue weighted by Crippen LogP contribution is -2.32. The number of benzene rings is 1. The number of aromatic nitrogens is 1. The normalized spacial score (nSPS) is 12.7. The maximum atomic E-state index is 12.5. The number of nitrogens with zero attached hydrogens (tertiary/aromatic N) is 2. The summed E-state index contributed by atoms with van der Waals surface area (Å²) in [6.45, 7) is -0.123. The molecule has 0 saturated heterocycles. The quantitative estimate of drug-likeness (QED) is 0.910. The lowest BCUT2D eigenvalue weighted by molar-refractivity contribution is -0.141. The van der Waals surface area contributed by atoms with Crippen LogP contribution in [0.15, 0.2) is 48.7 Å². The molecule has 128 valence electrons. The third-order valence-electron chi connectivity index (χ3n) is 3.68. The van der Waals surface area contributed by atoms with Crippen molar-refractivity contribution in [1.82, 2.24) is 9.88 Å². The van der Waals surface area contributed by atoms with Crippen molar-refractivity contribution in [3.8, 4) is 0 Å². The lowest BCUT2D eigenvalue weighted by atomic mass is 10.0. The van der Waals surface area contributed by atoms with Gasteiger partial charge in [0.1, 0.15) is 5.69 Å². The molecule has 0 radical (unpaired) electrons. The molecule has 1 N–H and O–H groups in total. The molecule has 2 aromatic rings. The first-order valence-electron chi connectivity index (χ1n) is 7.31. The molecule has 0 aliphatic rings. The van der Waals surface area contributed by atoms with E-state index < -0.39 is 17.8 Å². The van der Waals surface area contributed by atoms with Crippen molar-refractivity contribution in [3.63, 3.8) is 0 Å². The number of halogens is 3. The molecule has 1 unspecified atom stereocenters. The minimum absolute atomic E-state index is 0.0596. The van der Waals surface area contributed by atoms with E-state index in [1.54, 1.807) is 7.05 Å². The van der Waals surface area contributed by atoms with Crippen molar-refractivity contribution in [1.29, 1.82) is 0 Å². The standard InChI is InChI=1S/C17H17F3N2O2/c1-22(14(9-10-23)12-5-3-2-4-6-12)16(24)13-7-8-15(21-11-13)17(18,19)20/h2-8,11,14,23H,9-10H2,1H3. The summed E-state index contributed by atoms with van der Waals surface area (Å²) in [7, 11) is 1.55. The van der Waals surface area contributed by atoms with Crippen LogP contribution in [0.2, 0.25) is 0 Å². The van der Waals surface area contributed by atoms with Crippen LogP contribution in [0.25, 0.3) is 0 Å². The first kappa shape index (κ1) is 17.9. The molecule has 1 aromatic heterocycles. The number of hydrogen-bond acceptors (Lipinski definition) is 3. The summed E-state index contributed by atoms with van der Waals surface area (Å²) in [5.41, 5.74) is -0.150. The lowest BCUT2D eigenvalue weighted by Gasteiger charge is -2.28. The van der Waals surface area contributed by atoms with E-state index in [0.717, 1.165) is 23.9 Å². The topological polar surface area (TPSA) is 53.4 Å². The van der Waals surface area contributed by atoms with Crippen molar-refractivity contribution in [2.24, 2.45) is 0 Å². The second kappa shape index (κ2) is 7.44. The van der Waals surface area contributed by atoms with Crippen molar-refractivity contribution in [2.75, 3.05) is 13.7 Å². The van der Waals surface area contributed by atoms with E-state index in [2.05, 4.69) is 4.98 Å². The van der Waals surface area contributed by atoms with Crippen LogP contribution in [0.5, 0.6) is 0 Å². The Bertz CT molecular complexity index is 672. The summed E-state index contributed by atoms with van der Waals surface area (Å²) in [4.78, 5) is 17.2. The summed E-state index contributed by atoms with van der Waals surface area (Å²) in [6, 6.07) is 10.6. The first-order chi connectivity index (χ1) is 11.3. The van der Waals surface area contributed by atoms with Gasteiger partial charge >= 0.3 is 6.18 Å². The Labute approximate surface area is 137 Å². The molecular weight excluding hydrogens is 321 g/mol. The van der Waals surface area contributed by atoms with E-state index in [9.17, 15) is 23.1 Å². The summed E-state index contributed by atoms with van der Waals surface area (Å²) < 4.78 is 37.6. The van der Waals surface area contributed by atoms with Gasteiger partial charge in [0.25, 0.3) is 5.91 Å². The number of amides is 1. The molecule has 7 heteroatoms.